The van der Waals surface area contributed by atoms with Crippen LogP contribution < -0.4 is 5.32 Å². The van der Waals surface area contributed by atoms with E-state index >= 15 is 0 Å². The van der Waals surface area contributed by atoms with Crippen LogP contribution in [0.2, 0.25) is 0 Å². The summed E-state index contributed by atoms with van der Waals surface area (Å²) in [5.41, 5.74) is 3.71. The highest BCUT2D eigenvalue weighted by Crippen LogP contribution is 2.36. The summed E-state index contributed by atoms with van der Waals surface area (Å²) in [6.45, 7) is 1.70. The Kier molecular flexibility index (Phi) is 3.26. The lowest BCUT2D eigenvalue weighted by molar-refractivity contribution is 0.474. The first-order valence-corrected chi connectivity index (χ1v) is 6.87. The quantitative estimate of drug-likeness (QED) is 0.880. The zero-order valence-corrected chi connectivity index (χ0v) is 11.7. The first kappa shape index (κ1) is 13.4. The number of phenolic OH excluding ortho intramolecular Hbond substituents is 1. The molecule has 0 bridgehead atoms. The molecule has 1 atom stereocenters. The molecule has 0 aromatic heterocycles. The van der Waals surface area contributed by atoms with E-state index in [-0.39, 0.29) is 17.6 Å². The van der Waals surface area contributed by atoms with Gasteiger partial charge >= 0.3 is 0 Å². The molecule has 0 heterocycles. The van der Waals surface area contributed by atoms with Crippen LogP contribution >= 0.6 is 0 Å². The number of benzene rings is 2. The Morgan fingerprint density at radius 3 is 2.90 bits per heavy atom. The molecule has 2 aromatic rings. The molecule has 1 aliphatic rings. The van der Waals surface area contributed by atoms with Crippen molar-refractivity contribution in [3.8, 4) is 11.8 Å². The normalized spacial score (nSPS) is 16.3. The minimum atomic E-state index is -0.375. The number of nitrogens with one attached hydrogen (secondary N) is 1. The summed E-state index contributed by atoms with van der Waals surface area (Å²) in [6, 6.07) is 10.3. The molecule has 1 unspecified atom stereocenters. The number of nitrogens with zero attached hydrogens (tertiary/aromatic N) is 1. The number of fused-ring (bicyclic) bond motifs is 1. The molecule has 106 valence electrons. The molecule has 4 heteroatoms. The van der Waals surface area contributed by atoms with Gasteiger partial charge in [0.05, 0.1) is 17.7 Å². The van der Waals surface area contributed by atoms with Crippen molar-refractivity contribution in [2.45, 2.75) is 25.8 Å². The van der Waals surface area contributed by atoms with Crippen molar-refractivity contribution in [2.75, 3.05) is 5.32 Å². The molecule has 3 nitrogen and oxygen atoms in total. The predicted molar refractivity (Wildman–Crippen MR) is 78.6 cm³/mol. The second kappa shape index (κ2) is 5.10. The summed E-state index contributed by atoms with van der Waals surface area (Å²) in [4.78, 5) is 0. The summed E-state index contributed by atoms with van der Waals surface area (Å²) in [5.74, 6) is -0.108. The van der Waals surface area contributed by atoms with Crippen LogP contribution in [-0.2, 0) is 6.42 Å². The van der Waals surface area contributed by atoms with Crippen LogP contribution in [0.25, 0.3) is 0 Å². The Balaban J connectivity index is 1.93. The van der Waals surface area contributed by atoms with Gasteiger partial charge in [0.2, 0.25) is 0 Å². The van der Waals surface area contributed by atoms with Crippen molar-refractivity contribution in [1.29, 1.82) is 5.26 Å². The van der Waals surface area contributed by atoms with Crippen molar-refractivity contribution in [1.82, 2.24) is 0 Å². The maximum absolute atomic E-state index is 13.8. The lowest BCUT2D eigenvalue weighted by atomic mass is 10.1. The highest BCUT2D eigenvalue weighted by Gasteiger charge is 2.23. The minimum absolute atomic E-state index is 0.0765. The van der Waals surface area contributed by atoms with Crippen molar-refractivity contribution < 1.29 is 9.50 Å². The van der Waals surface area contributed by atoms with Gasteiger partial charge in [-0.2, -0.15) is 5.26 Å². The first-order chi connectivity index (χ1) is 10.1. The van der Waals surface area contributed by atoms with E-state index in [9.17, 15) is 9.50 Å². The molecule has 2 N–H and O–H groups in total. The number of phenols is 1. The van der Waals surface area contributed by atoms with E-state index in [0.29, 0.717) is 16.8 Å². The summed E-state index contributed by atoms with van der Waals surface area (Å²) >= 11 is 0. The largest absolute Gasteiger partial charge is 0.508 e. The second-order valence-electron chi connectivity index (χ2n) is 5.36. The smallest absolute Gasteiger partial charge is 0.129 e. The maximum Gasteiger partial charge on any atom is 0.129 e. The van der Waals surface area contributed by atoms with E-state index in [1.54, 1.807) is 25.1 Å². The number of hydrogen-bond donors (Lipinski definition) is 2. The van der Waals surface area contributed by atoms with Crippen LogP contribution in [0.5, 0.6) is 5.75 Å². The molecule has 0 spiro atoms. The molecular weight excluding hydrogens is 267 g/mol. The van der Waals surface area contributed by atoms with E-state index in [1.807, 2.05) is 12.1 Å². The zero-order valence-electron chi connectivity index (χ0n) is 11.7. The van der Waals surface area contributed by atoms with Gasteiger partial charge in [0.25, 0.3) is 0 Å². The predicted octanol–water partition coefficient (Wildman–Crippen LogP) is 3.81. The molecule has 2 aromatic carbocycles. The molecule has 0 saturated carbocycles. The van der Waals surface area contributed by atoms with Gasteiger partial charge in [-0.05, 0) is 55.2 Å². The van der Waals surface area contributed by atoms with Crippen molar-refractivity contribution in [3.05, 3.63) is 58.4 Å². The third-order valence-corrected chi connectivity index (χ3v) is 4.01. The van der Waals surface area contributed by atoms with Gasteiger partial charge in [0.15, 0.2) is 0 Å². The molecule has 0 fully saturated rings. The third-order valence-electron chi connectivity index (χ3n) is 4.01. The van der Waals surface area contributed by atoms with Gasteiger partial charge in [-0.25, -0.2) is 4.39 Å². The van der Waals surface area contributed by atoms with Crippen LogP contribution in [0.4, 0.5) is 10.1 Å². The zero-order chi connectivity index (χ0) is 15.0. The van der Waals surface area contributed by atoms with Crippen LogP contribution in [0, 0.1) is 24.1 Å². The van der Waals surface area contributed by atoms with Crippen molar-refractivity contribution >= 4 is 5.69 Å². The van der Waals surface area contributed by atoms with E-state index in [1.165, 1.54) is 6.07 Å². The van der Waals surface area contributed by atoms with E-state index in [4.69, 9.17) is 5.26 Å². The van der Waals surface area contributed by atoms with Crippen LogP contribution in [0.1, 0.15) is 34.7 Å². The van der Waals surface area contributed by atoms with Gasteiger partial charge in [-0.15, -0.1) is 0 Å². The molecule has 0 amide bonds. The van der Waals surface area contributed by atoms with Gasteiger partial charge in [0.1, 0.15) is 11.6 Å². The fraction of sp³-hybridized carbons (Fsp3) is 0.235. The Bertz CT molecular complexity index is 749. The number of aromatic hydroxyl groups is 1. The van der Waals surface area contributed by atoms with E-state index in [2.05, 4.69) is 5.32 Å². The number of hydrogen-bond acceptors (Lipinski definition) is 3. The summed E-state index contributed by atoms with van der Waals surface area (Å²) in [6.07, 6.45) is 1.76. The van der Waals surface area contributed by atoms with Gasteiger partial charge in [-0.1, -0.05) is 6.07 Å². The molecular formula is C17H15FN2O. The maximum atomic E-state index is 13.8. The Hall–Kier alpha value is -2.54. The Morgan fingerprint density at radius 1 is 1.33 bits per heavy atom. The van der Waals surface area contributed by atoms with E-state index < -0.39 is 0 Å². The third kappa shape index (κ3) is 2.43. The highest BCUT2D eigenvalue weighted by atomic mass is 19.1. The lowest BCUT2D eigenvalue weighted by Gasteiger charge is -2.18. The number of nitriles is 1. The number of rotatable bonds is 2. The fourth-order valence-corrected chi connectivity index (χ4v) is 2.83. The SMILES string of the molecule is Cc1c(F)cc(C#N)cc1NC1CCc2cc(O)ccc21. The highest BCUT2D eigenvalue weighted by molar-refractivity contribution is 5.58. The average molecular weight is 282 g/mol. The summed E-state index contributed by atoms with van der Waals surface area (Å²) in [7, 11) is 0. The lowest BCUT2D eigenvalue weighted by Crippen LogP contribution is -2.09. The number of anilines is 1. The van der Waals surface area contributed by atoms with Crippen molar-refractivity contribution in [3.63, 3.8) is 0 Å². The molecule has 0 radical (unpaired) electrons. The standard InChI is InChI=1S/C17H15FN2O/c1-10-15(18)6-11(9-19)7-17(10)20-16-5-2-12-8-13(21)3-4-14(12)16/h3-4,6-8,16,20-21H,2,5H2,1H3. The topological polar surface area (TPSA) is 56.0 Å². The average Bonchev–Trinajstić information content (AvgIpc) is 2.85. The van der Waals surface area contributed by atoms with Gasteiger partial charge in [-0.3, -0.25) is 0 Å². The van der Waals surface area contributed by atoms with Crippen LogP contribution in [0.15, 0.2) is 30.3 Å². The number of aryl methyl sites for hydroxylation is 1. The molecule has 21 heavy (non-hydrogen) atoms. The fourth-order valence-electron chi connectivity index (χ4n) is 2.83. The summed E-state index contributed by atoms with van der Waals surface area (Å²) < 4.78 is 13.8. The molecule has 1 aliphatic carbocycles. The van der Waals surface area contributed by atoms with Gasteiger partial charge < -0.3 is 10.4 Å². The summed E-state index contributed by atoms with van der Waals surface area (Å²) in [5, 5.41) is 21.8. The van der Waals surface area contributed by atoms with Crippen molar-refractivity contribution in [2.24, 2.45) is 0 Å². The second-order valence-corrected chi connectivity index (χ2v) is 5.36. The molecule has 0 saturated heterocycles. The molecule has 0 aliphatic heterocycles. The minimum Gasteiger partial charge on any atom is -0.508 e. The first-order valence-electron chi connectivity index (χ1n) is 6.87. The number of halogens is 1. The Morgan fingerprint density at radius 2 is 2.14 bits per heavy atom. The molecule has 3 rings (SSSR count). The Labute approximate surface area is 122 Å². The van der Waals surface area contributed by atoms with Gasteiger partial charge in [0, 0.05) is 11.3 Å². The van der Waals surface area contributed by atoms with Crippen LogP contribution in [0.3, 0.4) is 0 Å². The van der Waals surface area contributed by atoms with Crippen LogP contribution in [-0.4, -0.2) is 5.11 Å². The monoisotopic (exact) mass is 282 g/mol. The van der Waals surface area contributed by atoms with E-state index in [0.717, 1.165) is 24.0 Å².